The second-order valence-corrected chi connectivity index (χ2v) is 4.85. The first-order valence-electron chi connectivity index (χ1n) is 7.75. The maximum Gasteiger partial charge on any atom is 0.407 e. The van der Waals surface area contributed by atoms with Crippen molar-refractivity contribution in [3.63, 3.8) is 0 Å². The Kier molecular flexibility index (Phi) is 12.0. The fraction of sp³-hybridized carbons (Fsp3) is 0.867. The summed E-state index contributed by atoms with van der Waals surface area (Å²) in [5.74, 6) is -0.358. The topological polar surface area (TPSA) is 64.6 Å². The lowest BCUT2D eigenvalue weighted by Gasteiger charge is -2.17. The van der Waals surface area contributed by atoms with Crippen molar-refractivity contribution in [2.75, 3.05) is 13.2 Å². The van der Waals surface area contributed by atoms with Gasteiger partial charge < -0.3 is 14.8 Å². The molecule has 1 N–H and O–H groups in total. The summed E-state index contributed by atoms with van der Waals surface area (Å²) in [5.41, 5.74) is 0. The average molecular weight is 287 g/mol. The maximum atomic E-state index is 11.9. The maximum absolute atomic E-state index is 11.9. The van der Waals surface area contributed by atoms with Crippen molar-refractivity contribution < 1.29 is 19.1 Å². The zero-order chi connectivity index (χ0) is 15.2. The molecule has 0 radical (unpaired) electrons. The summed E-state index contributed by atoms with van der Waals surface area (Å²) in [5, 5.41) is 2.59. The fourth-order valence-corrected chi connectivity index (χ4v) is 1.66. The van der Waals surface area contributed by atoms with E-state index in [1.807, 2.05) is 13.8 Å². The Bertz CT molecular complexity index is 269. The highest BCUT2D eigenvalue weighted by Gasteiger charge is 2.22. The number of ether oxygens (including phenoxy) is 2. The van der Waals surface area contributed by atoms with Crippen molar-refractivity contribution in [1.29, 1.82) is 0 Å². The molecule has 0 saturated heterocycles. The highest BCUT2D eigenvalue weighted by molar-refractivity contribution is 5.81. The third-order valence-electron chi connectivity index (χ3n) is 2.85. The van der Waals surface area contributed by atoms with Gasteiger partial charge in [-0.25, -0.2) is 9.59 Å². The molecule has 0 saturated carbocycles. The largest absolute Gasteiger partial charge is 0.464 e. The average Bonchev–Trinajstić information content (AvgIpc) is 2.45. The Morgan fingerprint density at radius 3 is 2.20 bits per heavy atom. The van der Waals surface area contributed by atoms with Gasteiger partial charge in [0, 0.05) is 0 Å². The van der Waals surface area contributed by atoms with Gasteiger partial charge in [-0.1, -0.05) is 46.5 Å². The van der Waals surface area contributed by atoms with Crippen molar-refractivity contribution in [1.82, 2.24) is 5.32 Å². The van der Waals surface area contributed by atoms with Crippen LogP contribution in [0.15, 0.2) is 0 Å². The third kappa shape index (κ3) is 9.64. The molecule has 1 atom stereocenters. The molecule has 0 aliphatic rings. The molecule has 0 aliphatic carbocycles. The first-order chi connectivity index (χ1) is 9.65. The molecule has 0 aromatic carbocycles. The predicted octanol–water partition coefficient (Wildman–Crippen LogP) is 3.41. The van der Waals surface area contributed by atoms with E-state index in [1.165, 1.54) is 0 Å². The normalized spacial score (nSPS) is 11.8. The smallest absolute Gasteiger partial charge is 0.407 e. The molecule has 20 heavy (non-hydrogen) atoms. The highest BCUT2D eigenvalue weighted by atomic mass is 16.6. The second-order valence-electron chi connectivity index (χ2n) is 4.85. The van der Waals surface area contributed by atoms with E-state index < -0.39 is 12.1 Å². The summed E-state index contributed by atoms with van der Waals surface area (Å²) in [4.78, 5) is 23.4. The fourth-order valence-electron chi connectivity index (χ4n) is 1.66. The lowest BCUT2D eigenvalue weighted by atomic mass is 10.1. The first kappa shape index (κ1) is 18.7. The number of carbonyl (C=O) groups is 2. The van der Waals surface area contributed by atoms with Crippen LogP contribution in [0.4, 0.5) is 4.79 Å². The van der Waals surface area contributed by atoms with Crippen LogP contribution in [0.1, 0.15) is 65.7 Å². The molecule has 0 rings (SSSR count). The van der Waals surface area contributed by atoms with E-state index in [-0.39, 0.29) is 5.97 Å². The molecule has 5 nitrogen and oxygen atoms in total. The zero-order valence-corrected chi connectivity index (χ0v) is 13.1. The Hall–Kier alpha value is -1.26. The minimum atomic E-state index is -0.596. The molecule has 1 amide bonds. The molecule has 0 aromatic rings. The van der Waals surface area contributed by atoms with Crippen LogP contribution >= 0.6 is 0 Å². The number of carbonyl (C=O) groups excluding carboxylic acids is 2. The lowest BCUT2D eigenvalue weighted by molar-refractivity contribution is -0.146. The number of rotatable bonds is 11. The monoisotopic (exact) mass is 287 g/mol. The summed E-state index contributed by atoms with van der Waals surface area (Å²) in [7, 11) is 0. The third-order valence-corrected chi connectivity index (χ3v) is 2.85. The van der Waals surface area contributed by atoms with Gasteiger partial charge in [0.2, 0.25) is 0 Å². The van der Waals surface area contributed by atoms with Gasteiger partial charge in [-0.3, -0.25) is 0 Å². The van der Waals surface area contributed by atoms with Crippen molar-refractivity contribution in [2.24, 2.45) is 0 Å². The number of esters is 1. The number of hydrogen-bond donors (Lipinski definition) is 1. The number of amides is 1. The summed E-state index contributed by atoms with van der Waals surface area (Å²) in [6.45, 7) is 6.83. The predicted molar refractivity (Wildman–Crippen MR) is 78.6 cm³/mol. The molecule has 0 spiro atoms. The van der Waals surface area contributed by atoms with Crippen molar-refractivity contribution in [3.8, 4) is 0 Å². The molecule has 118 valence electrons. The number of alkyl carbamates (subject to hydrolysis) is 1. The molecule has 0 aliphatic heterocycles. The molecule has 5 heteroatoms. The Morgan fingerprint density at radius 2 is 1.60 bits per heavy atom. The van der Waals surface area contributed by atoms with Gasteiger partial charge >= 0.3 is 12.1 Å². The Balaban J connectivity index is 4.16. The van der Waals surface area contributed by atoms with E-state index in [0.29, 0.717) is 19.6 Å². The SMILES string of the molecule is CCCCCOC(=O)C(CCCC)NC(=O)OCCC. The standard InChI is InChI=1S/C15H29NO4/c1-4-7-9-12-19-14(17)13(10-8-5-2)16-15(18)20-11-6-3/h13H,4-12H2,1-3H3,(H,16,18). The lowest BCUT2D eigenvalue weighted by Crippen LogP contribution is -2.42. The molecule has 0 aromatic heterocycles. The van der Waals surface area contributed by atoms with Crippen LogP contribution < -0.4 is 5.32 Å². The van der Waals surface area contributed by atoms with Crippen LogP contribution in [0.5, 0.6) is 0 Å². The first-order valence-corrected chi connectivity index (χ1v) is 7.75. The summed E-state index contributed by atoms with van der Waals surface area (Å²) in [6, 6.07) is -0.596. The van der Waals surface area contributed by atoms with Gasteiger partial charge in [-0.2, -0.15) is 0 Å². The highest BCUT2D eigenvalue weighted by Crippen LogP contribution is 2.05. The minimum absolute atomic E-state index is 0.358. The van der Waals surface area contributed by atoms with Crippen LogP contribution in [0.3, 0.4) is 0 Å². The summed E-state index contributed by atoms with van der Waals surface area (Å²) in [6.07, 6.45) is 5.62. The van der Waals surface area contributed by atoms with Gasteiger partial charge in [0.25, 0.3) is 0 Å². The van der Waals surface area contributed by atoms with Crippen molar-refractivity contribution in [2.45, 2.75) is 71.8 Å². The van der Waals surface area contributed by atoms with Crippen LogP contribution in [0.2, 0.25) is 0 Å². The van der Waals surface area contributed by atoms with Gasteiger partial charge in [0.15, 0.2) is 0 Å². The number of nitrogens with one attached hydrogen (secondary N) is 1. The van der Waals surface area contributed by atoms with E-state index in [4.69, 9.17) is 9.47 Å². The van der Waals surface area contributed by atoms with E-state index in [9.17, 15) is 9.59 Å². The molecule has 0 fully saturated rings. The Morgan fingerprint density at radius 1 is 0.900 bits per heavy atom. The minimum Gasteiger partial charge on any atom is -0.464 e. The molecular weight excluding hydrogens is 258 g/mol. The van der Waals surface area contributed by atoms with Crippen LogP contribution in [-0.4, -0.2) is 31.3 Å². The van der Waals surface area contributed by atoms with Gasteiger partial charge in [0.05, 0.1) is 13.2 Å². The molecule has 1 unspecified atom stereocenters. The van der Waals surface area contributed by atoms with Crippen LogP contribution in [0.25, 0.3) is 0 Å². The van der Waals surface area contributed by atoms with E-state index >= 15 is 0 Å². The van der Waals surface area contributed by atoms with Crippen LogP contribution in [0, 0.1) is 0 Å². The second kappa shape index (κ2) is 12.8. The van der Waals surface area contributed by atoms with E-state index in [1.54, 1.807) is 0 Å². The van der Waals surface area contributed by atoms with Gasteiger partial charge in [-0.05, 0) is 19.3 Å². The van der Waals surface area contributed by atoms with Crippen molar-refractivity contribution in [3.05, 3.63) is 0 Å². The van der Waals surface area contributed by atoms with Gasteiger partial charge in [-0.15, -0.1) is 0 Å². The molecule has 0 bridgehead atoms. The van der Waals surface area contributed by atoms with E-state index in [0.717, 1.165) is 38.5 Å². The van der Waals surface area contributed by atoms with E-state index in [2.05, 4.69) is 12.2 Å². The zero-order valence-electron chi connectivity index (χ0n) is 13.1. The molecule has 0 heterocycles. The molecular formula is C15H29NO4. The summed E-state index contributed by atoms with van der Waals surface area (Å²) < 4.78 is 10.1. The number of unbranched alkanes of at least 4 members (excludes halogenated alkanes) is 3. The van der Waals surface area contributed by atoms with Gasteiger partial charge in [0.1, 0.15) is 6.04 Å². The summed E-state index contributed by atoms with van der Waals surface area (Å²) >= 11 is 0. The Labute approximate surface area is 122 Å². The van der Waals surface area contributed by atoms with Crippen molar-refractivity contribution >= 4 is 12.1 Å². The van der Waals surface area contributed by atoms with Crippen LogP contribution in [-0.2, 0) is 14.3 Å². The quantitative estimate of drug-likeness (QED) is 0.467. The number of hydrogen-bond acceptors (Lipinski definition) is 4.